The summed E-state index contributed by atoms with van der Waals surface area (Å²) >= 11 is 0. The van der Waals surface area contributed by atoms with E-state index in [9.17, 15) is 13.2 Å². The van der Waals surface area contributed by atoms with Gasteiger partial charge in [-0.3, -0.25) is 4.79 Å². The fraction of sp³-hybridized carbons (Fsp3) is 0.550. The van der Waals surface area contributed by atoms with E-state index >= 15 is 0 Å². The van der Waals surface area contributed by atoms with E-state index in [1.54, 1.807) is 4.90 Å². The van der Waals surface area contributed by atoms with Crippen LogP contribution in [0.3, 0.4) is 0 Å². The van der Waals surface area contributed by atoms with Crippen LogP contribution in [0, 0.1) is 34.6 Å². The van der Waals surface area contributed by atoms with Gasteiger partial charge in [-0.25, -0.2) is 8.42 Å². The Morgan fingerprint density at radius 1 is 0.857 bits per heavy atom. The molecule has 3 rings (SSSR count). The molecule has 2 aliphatic heterocycles. The summed E-state index contributed by atoms with van der Waals surface area (Å²) in [7, 11) is -3.63. The summed E-state index contributed by atoms with van der Waals surface area (Å²) in [5, 5.41) is 0. The zero-order chi connectivity index (χ0) is 20.6. The molecule has 0 radical (unpaired) electrons. The van der Waals surface area contributed by atoms with Crippen LogP contribution in [0.15, 0.2) is 16.9 Å². The van der Waals surface area contributed by atoms with Crippen molar-refractivity contribution in [2.75, 3.05) is 39.4 Å². The average molecular weight is 409 g/mol. The minimum absolute atomic E-state index is 0.180. The van der Waals surface area contributed by atoms with Crippen LogP contribution < -0.4 is 0 Å². The van der Waals surface area contributed by atoms with E-state index < -0.39 is 10.0 Å². The van der Waals surface area contributed by atoms with Crippen molar-refractivity contribution in [3.63, 3.8) is 0 Å². The maximum absolute atomic E-state index is 13.4. The van der Waals surface area contributed by atoms with Gasteiger partial charge < -0.3 is 14.4 Å². The molecule has 2 heterocycles. The summed E-state index contributed by atoms with van der Waals surface area (Å²) in [4.78, 5) is 14.5. The van der Waals surface area contributed by atoms with E-state index in [0.29, 0.717) is 31.2 Å². The van der Waals surface area contributed by atoms with E-state index in [1.807, 2.05) is 34.6 Å². The van der Waals surface area contributed by atoms with Crippen LogP contribution in [-0.2, 0) is 24.3 Å². The monoisotopic (exact) mass is 408 g/mol. The fourth-order valence-electron chi connectivity index (χ4n) is 3.75. The second-order valence-electron chi connectivity index (χ2n) is 7.35. The zero-order valence-electron chi connectivity index (χ0n) is 17.2. The number of rotatable bonds is 3. The number of benzene rings is 1. The van der Waals surface area contributed by atoms with Gasteiger partial charge in [0.2, 0.25) is 15.8 Å². The fourth-order valence-corrected chi connectivity index (χ4v) is 5.73. The first kappa shape index (κ1) is 20.7. The molecule has 0 saturated carbocycles. The van der Waals surface area contributed by atoms with Crippen LogP contribution in [0.4, 0.5) is 0 Å². The zero-order valence-corrected chi connectivity index (χ0v) is 18.0. The predicted molar refractivity (Wildman–Crippen MR) is 105 cm³/mol. The third kappa shape index (κ3) is 3.51. The van der Waals surface area contributed by atoms with Gasteiger partial charge in [0.25, 0.3) is 5.91 Å². The first-order chi connectivity index (χ1) is 13.2. The van der Waals surface area contributed by atoms with E-state index in [-0.39, 0.29) is 24.8 Å². The number of nitrogens with zero attached hydrogens (tertiary/aromatic N) is 2. The summed E-state index contributed by atoms with van der Waals surface area (Å²) in [6.07, 6.45) is 1.33. The Labute approximate surface area is 167 Å². The van der Waals surface area contributed by atoms with Gasteiger partial charge in [-0.05, 0) is 62.4 Å². The molecule has 0 aliphatic carbocycles. The molecule has 1 saturated heterocycles. The molecule has 0 unspecified atom stereocenters. The van der Waals surface area contributed by atoms with E-state index in [0.717, 1.165) is 27.8 Å². The molecule has 0 N–H and O–H groups in total. The molecule has 28 heavy (non-hydrogen) atoms. The Morgan fingerprint density at radius 3 is 1.89 bits per heavy atom. The molecular weight excluding hydrogens is 380 g/mol. The molecule has 154 valence electrons. The van der Waals surface area contributed by atoms with Crippen molar-refractivity contribution in [2.24, 2.45) is 0 Å². The number of piperazine rings is 1. The van der Waals surface area contributed by atoms with Crippen molar-refractivity contribution in [2.45, 2.75) is 39.5 Å². The summed E-state index contributed by atoms with van der Waals surface area (Å²) in [5.74, 6) is -0.0786. The predicted octanol–water partition coefficient (Wildman–Crippen LogP) is 1.95. The maximum Gasteiger partial charge on any atom is 0.292 e. The van der Waals surface area contributed by atoms with Crippen molar-refractivity contribution >= 4 is 15.9 Å². The molecule has 2 aliphatic rings. The lowest BCUT2D eigenvalue weighted by Crippen LogP contribution is -2.51. The summed E-state index contributed by atoms with van der Waals surface area (Å²) in [6.45, 7) is 11.6. The topological polar surface area (TPSA) is 76.2 Å². The Bertz CT molecular complexity index is 899. The number of amides is 1. The van der Waals surface area contributed by atoms with Crippen LogP contribution in [0.5, 0.6) is 0 Å². The normalized spacial score (nSPS) is 18.3. The quantitative estimate of drug-likeness (QED) is 0.764. The van der Waals surface area contributed by atoms with Gasteiger partial charge in [0, 0.05) is 26.2 Å². The molecule has 1 fully saturated rings. The van der Waals surface area contributed by atoms with Crippen LogP contribution in [0.2, 0.25) is 0 Å². The van der Waals surface area contributed by atoms with Crippen LogP contribution in [-0.4, -0.2) is 62.9 Å². The third-order valence-electron chi connectivity index (χ3n) is 5.91. The number of hydrogen-bond donors (Lipinski definition) is 0. The second kappa shape index (κ2) is 7.75. The summed E-state index contributed by atoms with van der Waals surface area (Å²) in [6, 6.07) is 0. The van der Waals surface area contributed by atoms with Crippen molar-refractivity contribution in [1.29, 1.82) is 0 Å². The first-order valence-electron chi connectivity index (χ1n) is 9.47. The van der Waals surface area contributed by atoms with E-state index in [4.69, 9.17) is 9.47 Å². The van der Waals surface area contributed by atoms with E-state index in [2.05, 4.69) is 0 Å². The number of ether oxygens (including phenoxy) is 2. The van der Waals surface area contributed by atoms with Gasteiger partial charge in [0.1, 0.15) is 19.5 Å². The van der Waals surface area contributed by atoms with Crippen molar-refractivity contribution < 1.29 is 22.7 Å². The van der Waals surface area contributed by atoms with Gasteiger partial charge in [0.05, 0.1) is 4.90 Å². The molecule has 8 heteroatoms. The third-order valence-corrected chi connectivity index (χ3v) is 8.09. The highest BCUT2D eigenvalue weighted by Gasteiger charge is 2.34. The SMILES string of the molecule is Cc1c(C)c(C)c(S(=O)(=O)N2CCN(C(=O)C3=COCCO3)CC2)c(C)c1C. The highest BCUT2D eigenvalue weighted by Crippen LogP contribution is 2.32. The minimum atomic E-state index is -3.63. The molecule has 1 amide bonds. The molecule has 1 aromatic rings. The van der Waals surface area contributed by atoms with Gasteiger partial charge in [0.15, 0.2) is 0 Å². The van der Waals surface area contributed by atoms with E-state index in [1.165, 1.54) is 10.6 Å². The van der Waals surface area contributed by atoms with Crippen LogP contribution in [0.25, 0.3) is 0 Å². The van der Waals surface area contributed by atoms with Gasteiger partial charge >= 0.3 is 0 Å². The molecular formula is C20H28N2O5S. The lowest BCUT2D eigenvalue weighted by atomic mass is 9.95. The molecule has 7 nitrogen and oxygen atoms in total. The summed E-state index contributed by atoms with van der Waals surface area (Å²) in [5.41, 5.74) is 4.76. The first-order valence-corrected chi connectivity index (χ1v) is 10.9. The second-order valence-corrected chi connectivity index (χ2v) is 9.23. The largest absolute Gasteiger partial charge is 0.494 e. The average Bonchev–Trinajstić information content (AvgIpc) is 2.71. The van der Waals surface area contributed by atoms with Gasteiger partial charge in [-0.1, -0.05) is 0 Å². The van der Waals surface area contributed by atoms with Gasteiger partial charge in [-0.15, -0.1) is 0 Å². The standard InChI is InChI=1S/C20H28N2O5S/c1-13-14(2)16(4)19(17(5)15(13)3)28(24,25)22-8-6-21(7-9-22)20(23)18-12-26-10-11-27-18/h12H,6-11H2,1-5H3. The Morgan fingerprint density at radius 2 is 1.39 bits per heavy atom. The molecule has 0 spiro atoms. The maximum atomic E-state index is 13.4. The lowest BCUT2D eigenvalue weighted by molar-refractivity contribution is -0.133. The van der Waals surface area contributed by atoms with Crippen molar-refractivity contribution in [3.05, 3.63) is 39.8 Å². The Balaban J connectivity index is 1.81. The van der Waals surface area contributed by atoms with Crippen LogP contribution in [0.1, 0.15) is 27.8 Å². The molecule has 1 aromatic carbocycles. The molecule has 0 aromatic heterocycles. The molecule has 0 bridgehead atoms. The number of hydrogen-bond acceptors (Lipinski definition) is 5. The van der Waals surface area contributed by atoms with Crippen molar-refractivity contribution in [3.8, 4) is 0 Å². The lowest BCUT2D eigenvalue weighted by Gasteiger charge is -2.35. The minimum Gasteiger partial charge on any atom is -0.494 e. The summed E-state index contributed by atoms with van der Waals surface area (Å²) < 4.78 is 38.7. The highest BCUT2D eigenvalue weighted by molar-refractivity contribution is 7.89. The van der Waals surface area contributed by atoms with Crippen LogP contribution >= 0.6 is 0 Å². The highest BCUT2D eigenvalue weighted by atomic mass is 32.2. The van der Waals surface area contributed by atoms with Gasteiger partial charge in [-0.2, -0.15) is 4.31 Å². The molecule has 0 atom stereocenters. The smallest absolute Gasteiger partial charge is 0.292 e. The number of carbonyl (C=O) groups is 1. The number of sulfonamides is 1. The Hall–Kier alpha value is -2.06. The number of carbonyl (C=O) groups excluding carboxylic acids is 1. The van der Waals surface area contributed by atoms with Crippen molar-refractivity contribution in [1.82, 2.24) is 9.21 Å². The Kier molecular flexibility index (Phi) is 5.72.